The minimum Gasteiger partial charge on any atom is -0.328 e. The topological polar surface area (TPSA) is 101 Å². The first-order valence-electron chi connectivity index (χ1n) is 9.13. The van der Waals surface area contributed by atoms with E-state index in [-0.39, 0.29) is 24.0 Å². The monoisotopic (exact) mass is 607 g/mol. The molecule has 0 saturated heterocycles. The summed E-state index contributed by atoms with van der Waals surface area (Å²) in [5, 5.41) is -7.31. The Morgan fingerprint density at radius 1 is 0.667 bits per heavy atom. The van der Waals surface area contributed by atoms with Gasteiger partial charge in [-0.05, 0) is 0 Å². The van der Waals surface area contributed by atoms with E-state index in [1.165, 1.54) is 14.1 Å². The number of rotatable bonds is 14. The third kappa shape index (κ3) is 6.84. The third-order valence-corrected chi connectivity index (χ3v) is 6.96. The third-order valence-electron chi connectivity index (χ3n) is 4.64. The molecule has 0 aromatic carbocycles. The van der Waals surface area contributed by atoms with Crippen molar-refractivity contribution in [1.29, 1.82) is 0 Å². The highest BCUT2D eigenvalue weighted by Gasteiger charge is 2.92. The maximum Gasteiger partial charge on any atom is 0.460 e. The molecule has 0 fully saturated rings. The Bertz CT molecular complexity index is 980. The zero-order chi connectivity index (χ0) is 29.4. The summed E-state index contributed by atoms with van der Waals surface area (Å²) >= 11 is 0. The van der Waals surface area contributed by atoms with Gasteiger partial charge in [0.15, 0.2) is 0 Å². The van der Waals surface area contributed by atoms with Crippen LogP contribution in [0.4, 0.5) is 57.1 Å². The number of quaternary nitrogens is 1. The lowest BCUT2D eigenvalue weighted by Gasteiger charge is -2.39. The van der Waals surface area contributed by atoms with Gasteiger partial charge in [0.2, 0.25) is 0 Å². The van der Waals surface area contributed by atoms with E-state index in [9.17, 15) is 73.9 Å². The molecule has 0 aliphatic rings. The Morgan fingerprint density at radius 3 is 1.44 bits per heavy atom. The molecule has 0 saturated carbocycles. The standard InChI is InChI=1S/C14H19F13N2O5S2/c1-29(2,7-4-8-35(30,31)32)6-3-5-28-36(33,34)14(26,27)12(21,22)10(17,18)9(15,16)11(19,20)13(23,24)25/h28H,3-8H2,1-2H3/p+1. The smallest absolute Gasteiger partial charge is 0.328 e. The van der Waals surface area contributed by atoms with Crippen molar-refractivity contribution in [3.05, 3.63) is 0 Å². The van der Waals surface area contributed by atoms with Gasteiger partial charge in [-0.2, -0.15) is 65.5 Å². The second kappa shape index (κ2) is 10.2. The number of nitrogens with one attached hydrogen (secondary N) is 1. The number of alkyl halides is 13. The number of sulfonamides is 1. The molecule has 0 aliphatic heterocycles. The summed E-state index contributed by atoms with van der Waals surface area (Å²) in [6.45, 7) is -1.52. The molecule has 0 aromatic heterocycles. The molecule has 2 N–H and O–H groups in total. The molecule has 0 spiro atoms. The molecule has 0 aromatic rings. The van der Waals surface area contributed by atoms with Gasteiger partial charge < -0.3 is 4.48 Å². The van der Waals surface area contributed by atoms with Crippen molar-refractivity contribution in [3.63, 3.8) is 0 Å². The molecule has 0 rings (SSSR count). The summed E-state index contributed by atoms with van der Waals surface area (Å²) < 4.78 is 223. The molecule has 7 nitrogen and oxygen atoms in total. The van der Waals surface area contributed by atoms with E-state index in [1.807, 2.05) is 0 Å². The van der Waals surface area contributed by atoms with Gasteiger partial charge in [0.05, 0.1) is 32.9 Å². The van der Waals surface area contributed by atoms with Crippen molar-refractivity contribution >= 4 is 20.1 Å². The van der Waals surface area contributed by atoms with E-state index >= 15 is 0 Å². The lowest BCUT2D eigenvalue weighted by molar-refractivity contribution is -0.890. The predicted molar refractivity (Wildman–Crippen MR) is 95.2 cm³/mol. The van der Waals surface area contributed by atoms with E-state index in [2.05, 4.69) is 0 Å². The molecular formula is C14H20F13N2O5S2+. The number of nitrogens with zero attached hydrogens (tertiary/aromatic N) is 1. The maximum atomic E-state index is 13.8. The maximum absolute atomic E-state index is 13.8. The van der Waals surface area contributed by atoms with Gasteiger partial charge in [0.1, 0.15) is 0 Å². The highest BCUT2D eigenvalue weighted by atomic mass is 32.2. The van der Waals surface area contributed by atoms with Crippen molar-refractivity contribution in [2.45, 2.75) is 48.0 Å². The largest absolute Gasteiger partial charge is 0.460 e. The van der Waals surface area contributed by atoms with Gasteiger partial charge in [0, 0.05) is 19.4 Å². The van der Waals surface area contributed by atoms with Crippen LogP contribution in [0.15, 0.2) is 0 Å². The fourth-order valence-corrected chi connectivity index (χ4v) is 4.07. The molecule has 0 unspecified atom stereocenters. The van der Waals surface area contributed by atoms with Gasteiger partial charge in [0.25, 0.3) is 20.1 Å². The van der Waals surface area contributed by atoms with E-state index in [0.717, 1.165) is 0 Å². The van der Waals surface area contributed by atoms with Crippen LogP contribution in [0.1, 0.15) is 12.8 Å². The summed E-state index contributed by atoms with van der Waals surface area (Å²) in [6, 6.07) is 0. The van der Waals surface area contributed by atoms with Crippen LogP contribution in [0.2, 0.25) is 0 Å². The van der Waals surface area contributed by atoms with Crippen LogP contribution in [0.25, 0.3) is 0 Å². The zero-order valence-electron chi connectivity index (χ0n) is 18.0. The summed E-state index contributed by atoms with van der Waals surface area (Å²) in [4.78, 5) is 0. The van der Waals surface area contributed by atoms with Crippen LogP contribution in [-0.2, 0) is 20.1 Å². The first-order valence-corrected chi connectivity index (χ1v) is 12.2. The normalized spacial score (nSPS) is 15.9. The molecule has 36 heavy (non-hydrogen) atoms. The summed E-state index contributed by atoms with van der Waals surface area (Å²) in [5.41, 5.74) is 0. The van der Waals surface area contributed by atoms with Crippen LogP contribution in [0.3, 0.4) is 0 Å². The van der Waals surface area contributed by atoms with Crippen molar-refractivity contribution < 1.29 is 82.9 Å². The Labute approximate surface area is 196 Å². The summed E-state index contributed by atoms with van der Waals surface area (Å²) in [7, 11) is -8.70. The lowest BCUT2D eigenvalue weighted by Crippen LogP contribution is -2.71. The minimum atomic E-state index is -8.23. The Morgan fingerprint density at radius 2 is 1.06 bits per heavy atom. The number of hydrogen-bond acceptors (Lipinski definition) is 4. The van der Waals surface area contributed by atoms with Gasteiger partial charge in [-0.25, -0.2) is 13.1 Å². The van der Waals surface area contributed by atoms with Gasteiger partial charge in [-0.15, -0.1) is 0 Å². The van der Waals surface area contributed by atoms with Crippen LogP contribution < -0.4 is 4.72 Å². The quantitative estimate of drug-likeness (QED) is 0.137. The highest BCUT2D eigenvalue weighted by molar-refractivity contribution is 7.90. The number of halogens is 13. The van der Waals surface area contributed by atoms with E-state index in [4.69, 9.17) is 4.55 Å². The summed E-state index contributed by atoms with van der Waals surface area (Å²) in [5.74, 6) is -33.1. The Hall–Kier alpha value is -1.13. The second-order valence-electron chi connectivity index (χ2n) is 8.09. The second-order valence-corrected chi connectivity index (χ2v) is 11.5. The average Bonchev–Trinajstić information content (AvgIpc) is 2.62. The molecule has 0 radical (unpaired) electrons. The molecular weight excluding hydrogens is 587 g/mol. The molecule has 22 heteroatoms. The molecule has 0 bridgehead atoms. The van der Waals surface area contributed by atoms with Crippen LogP contribution in [0, 0.1) is 0 Å². The van der Waals surface area contributed by atoms with Crippen LogP contribution in [-0.4, -0.2) is 100 Å². The van der Waals surface area contributed by atoms with E-state index in [1.54, 1.807) is 0 Å². The summed E-state index contributed by atoms with van der Waals surface area (Å²) in [6.07, 6.45) is -8.33. The van der Waals surface area contributed by atoms with Crippen molar-refractivity contribution in [1.82, 2.24) is 4.72 Å². The first kappa shape index (κ1) is 34.9. The van der Waals surface area contributed by atoms with Gasteiger partial charge in [-0.3, -0.25) is 4.55 Å². The lowest BCUT2D eigenvalue weighted by atomic mass is 9.98. The fourth-order valence-electron chi connectivity index (χ4n) is 2.51. The Balaban J connectivity index is 5.66. The minimum absolute atomic E-state index is 0.0322. The fraction of sp³-hybridized carbons (Fsp3) is 1.00. The predicted octanol–water partition coefficient (Wildman–Crippen LogP) is 3.35. The molecule has 0 amide bonds. The molecule has 0 aliphatic carbocycles. The first-order chi connectivity index (χ1) is 15.4. The van der Waals surface area contributed by atoms with Crippen molar-refractivity contribution in [2.24, 2.45) is 0 Å². The Kier molecular flexibility index (Phi) is 9.89. The SMILES string of the molecule is C[N+](C)(CCCNS(=O)(=O)C(F)(F)C(F)(F)C(F)(F)C(F)(F)C(F)(F)C(F)(F)F)CCCS(=O)(=O)O. The molecule has 0 atom stereocenters. The van der Waals surface area contributed by atoms with Crippen molar-refractivity contribution in [2.75, 3.05) is 39.5 Å². The van der Waals surface area contributed by atoms with Crippen LogP contribution >= 0.6 is 0 Å². The van der Waals surface area contributed by atoms with Gasteiger partial charge in [-0.1, -0.05) is 0 Å². The number of hydrogen-bond donors (Lipinski definition) is 2. The average molecular weight is 607 g/mol. The highest BCUT2D eigenvalue weighted by Crippen LogP contribution is 2.60. The van der Waals surface area contributed by atoms with E-state index < -0.39 is 74.0 Å². The zero-order valence-corrected chi connectivity index (χ0v) is 19.6. The molecule has 0 heterocycles. The van der Waals surface area contributed by atoms with Gasteiger partial charge >= 0.3 is 35.1 Å². The van der Waals surface area contributed by atoms with Crippen LogP contribution in [0.5, 0.6) is 0 Å². The molecule has 218 valence electrons. The van der Waals surface area contributed by atoms with Crippen molar-refractivity contribution in [3.8, 4) is 0 Å². The van der Waals surface area contributed by atoms with E-state index in [0.29, 0.717) is 4.72 Å².